The van der Waals surface area contributed by atoms with Gasteiger partial charge in [-0.3, -0.25) is 14.5 Å². The maximum Gasteiger partial charge on any atom is 0.352 e. The first-order valence-corrected chi connectivity index (χ1v) is 11.9. The molecule has 0 radical (unpaired) electrons. The van der Waals surface area contributed by atoms with Crippen molar-refractivity contribution >= 4 is 51.7 Å². The van der Waals surface area contributed by atoms with Crippen LogP contribution in [0.5, 0.6) is 0 Å². The fraction of sp³-hybridized carbons (Fsp3) is 0.238. The number of hydrogen-bond donors (Lipinski definition) is 3. The van der Waals surface area contributed by atoms with Crippen molar-refractivity contribution in [3.8, 4) is 12.0 Å². The van der Waals surface area contributed by atoms with Gasteiger partial charge in [0.25, 0.3) is 11.8 Å². The molecular weight excluding hydrogens is 480 g/mol. The summed E-state index contributed by atoms with van der Waals surface area (Å²) in [5.41, 5.74) is 6.18. The highest BCUT2D eigenvalue weighted by molar-refractivity contribution is 8.00. The average Bonchev–Trinajstić information content (AvgIpc) is 3.26. The van der Waals surface area contributed by atoms with Gasteiger partial charge in [0.1, 0.15) is 28.9 Å². The van der Waals surface area contributed by atoms with E-state index in [1.165, 1.54) is 29.0 Å². The van der Waals surface area contributed by atoms with Crippen molar-refractivity contribution in [2.75, 3.05) is 11.5 Å². The van der Waals surface area contributed by atoms with E-state index in [0.717, 1.165) is 11.3 Å². The summed E-state index contributed by atoms with van der Waals surface area (Å²) < 4.78 is 1.84. The van der Waals surface area contributed by atoms with E-state index in [1.807, 2.05) is 35.2 Å². The third-order valence-electron chi connectivity index (χ3n) is 4.95. The molecule has 0 spiro atoms. The molecule has 0 saturated carbocycles. The van der Waals surface area contributed by atoms with Crippen molar-refractivity contribution in [1.29, 1.82) is 0 Å². The summed E-state index contributed by atoms with van der Waals surface area (Å²) in [6.07, 6.45) is 5.90. The SMILES string of the molecule is CC#CO/N=C(\C(=O)NC1C(=O)N2C(C(=O)O)=C(C[n+]3ccccc3)CS[C@H]12)c1csc(N)n1. The van der Waals surface area contributed by atoms with Gasteiger partial charge in [-0.15, -0.1) is 23.1 Å². The van der Waals surface area contributed by atoms with Crippen LogP contribution in [-0.2, 0) is 25.8 Å². The fourth-order valence-corrected chi connectivity index (χ4v) is 5.37. The second-order valence-electron chi connectivity index (χ2n) is 7.12. The van der Waals surface area contributed by atoms with Crippen molar-refractivity contribution in [1.82, 2.24) is 15.2 Å². The largest absolute Gasteiger partial charge is 0.477 e. The number of nitrogens with two attached hydrogens (primary N) is 1. The fourth-order valence-electron chi connectivity index (χ4n) is 3.49. The molecule has 2 aliphatic heterocycles. The number of aromatic nitrogens is 2. The van der Waals surface area contributed by atoms with Crippen LogP contribution in [0.3, 0.4) is 0 Å². The van der Waals surface area contributed by atoms with Crippen molar-refractivity contribution < 1.29 is 28.9 Å². The number of hydrogen-bond acceptors (Lipinski definition) is 9. The highest BCUT2D eigenvalue weighted by Crippen LogP contribution is 2.40. The number of thioether (sulfide) groups is 1. The number of nitrogens with one attached hydrogen (secondary N) is 1. The Labute approximate surface area is 202 Å². The number of carboxylic acids is 1. The molecule has 2 aliphatic rings. The standard InChI is InChI=1S/C21H18N6O5S2/c1-2-8-32-25-14(13-11-34-21(22)23-13)17(28)24-15-18(29)27-16(20(30)31)12(10-33-19(15)27)9-26-6-4-3-5-7-26/h3-7,11,15,19H,9-10H2,1H3,(H3-,22,23,24,28,30,31)/p+1/b25-14-/t15?,19-/m1/s1. The number of carboxylic acid groups (broad SMARTS) is 1. The molecule has 0 aromatic carbocycles. The monoisotopic (exact) mass is 499 g/mol. The maximum absolute atomic E-state index is 12.9. The van der Waals surface area contributed by atoms with Crippen molar-refractivity contribution in [2.24, 2.45) is 5.16 Å². The maximum atomic E-state index is 12.9. The minimum atomic E-state index is -1.19. The molecule has 34 heavy (non-hydrogen) atoms. The highest BCUT2D eigenvalue weighted by Gasteiger charge is 2.54. The number of amides is 2. The second kappa shape index (κ2) is 9.94. The normalized spacial score (nSPS) is 19.5. The van der Waals surface area contributed by atoms with Gasteiger partial charge in [-0.25, -0.2) is 14.3 Å². The van der Waals surface area contributed by atoms with Crippen LogP contribution < -0.4 is 15.6 Å². The Balaban J connectivity index is 1.54. The van der Waals surface area contributed by atoms with Gasteiger partial charge in [-0.05, 0) is 0 Å². The number of β-lactam (4-membered cyclic amide) rings is 1. The molecular formula is C21H19N6O5S2+. The van der Waals surface area contributed by atoms with Crippen LogP contribution in [0.1, 0.15) is 12.6 Å². The number of carbonyl (C=O) groups excluding carboxylic acids is 2. The number of carbonyl (C=O) groups is 3. The number of anilines is 1. The first kappa shape index (κ1) is 23.3. The first-order valence-electron chi connectivity index (χ1n) is 9.92. The van der Waals surface area contributed by atoms with Crippen LogP contribution >= 0.6 is 23.1 Å². The molecule has 2 aromatic rings. The summed E-state index contributed by atoms with van der Waals surface area (Å²) in [6, 6.07) is 4.60. The molecule has 0 aliphatic carbocycles. The summed E-state index contributed by atoms with van der Waals surface area (Å²) in [5, 5.41) is 17.4. The third kappa shape index (κ3) is 4.59. The van der Waals surface area contributed by atoms with Crippen LogP contribution in [0, 0.1) is 12.0 Å². The lowest BCUT2D eigenvalue weighted by Crippen LogP contribution is -2.71. The number of fused-ring (bicyclic) bond motifs is 1. The van der Waals surface area contributed by atoms with Gasteiger partial charge in [0.2, 0.25) is 0 Å². The molecule has 13 heteroatoms. The Morgan fingerprint density at radius 2 is 2.18 bits per heavy atom. The summed E-state index contributed by atoms with van der Waals surface area (Å²) in [5.74, 6) is 0.444. The zero-order valence-corrected chi connectivity index (χ0v) is 19.4. The van der Waals surface area contributed by atoms with E-state index in [-0.39, 0.29) is 22.2 Å². The summed E-state index contributed by atoms with van der Waals surface area (Å²) in [7, 11) is 0. The van der Waals surface area contributed by atoms with Crippen LogP contribution in [0.15, 0.2) is 52.4 Å². The van der Waals surface area contributed by atoms with Crippen LogP contribution in [0.4, 0.5) is 5.13 Å². The zero-order valence-electron chi connectivity index (χ0n) is 17.8. The predicted octanol–water partition coefficient (Wildman–Crippen LogP) is 0.153. The third-order valence-corrected chi connectivity index (χ3v) is 6.96. The topological polar surface area (TPSA) is 151 Å². The first-order chi connectivity index (χ1) is 16.4. The van der Waals surface area contributed by atoms with E-state index in [9.17, 15) is 19.5 Å². The lowest BCUT2D eigenvalue weighted by atomic mass is 10.0. The van der Waals surface area contributed by atoms with Gasteiger partial charge in [-0.1, -0.05) is 17.1 Å². The number of thiazole rings is 1. The van der Waals surface area contributed by atoms with Crippen molar-refractivity contribution in [3.63, 3.8) is 0 Å². The molecule has 11 nitrogen and oxygen atoms in total. The molecule has 174 valence electrons. The minimum Gasteiger partial charge on any atom is -0.477 e. The Bertz CT molecular complexity index is 1260. The van der Waals surface area contributed by atoms with Gasteiger partial charge in [0.05, 0.1) is 0 Å². The van der Waals surface area contributed by atoms with E-state index < -0.39 is 29.2 Å². The molecule has 4 heterocycles. The molecule has 4 N–H and O–H groups in total. The Morgan fingerprint density at radius 1 is 1.41 bits per heavy atom. The van der Waals surface area contributed by atoms with E-state index >= 15 is 0 Å². The minimum absolute atomic E-state index is 0.0571. The smallest absolute Gasteiger partial charge is 0.352 e. The van der Waals surface area contributed by atoms with Gasteiger partial charge >= 0.3 is 5.97 Å². The number of rotatable bonds is 7. The van der Waals surface area contributed by atoms with Crippen molar-refractivity contribution in [3.05, 3.63) is 52.9 Å². The average molecular weight is 500 g/mol. The summed E-state index contributed by atoms with van der Waals surface area (Å²) >= 11 is 2.49. The number of nitrogen functional groups attached to an aromatic ring is 1. The van der Waals surface area contributed by atoms with Crippen LogP contribution in [-0.4, -0.2) is 55.7 Å². The van der Waals surface area contributed by atoms with Gasteiger partial charge in [0, 0.05) is 35.8 Å². The van der Waals surface area contributed by atoms with Gasteiger partial charge in [0.15, 0.2) is 29.8 Å². The Morgan fingerprint density at radius 3 is 2.82 bits per heavy atom. The van der Waals surface area contributed by atoms with E-state index in [1.54, 1.807) is 0 Å². The molecule has 1 fully saturated rings. The number of pyridine rings is 1. The van der Waals surface area contributed by atoms with E-state index in [4.69, 9.17) is 10.6 Å². The Kier molecular flexibility index (Phi) is 6.80. The molecule has 0 bridgehead atoms. The number of oxime groups is 1. The van der Waals surface area contributed by atoms with Crippen molar-refractivity contribution in [2.45, 2.75) is 24.9 Å². The quantitative estimate of drug-likeness (QED) is 0.160. The molecule has 2 atom stereocenters. The number of aliphatic carboxylic acids is 1. The van der Waals surface area contributed by atoms with E-state index in [0.29, 0.717) is 17.9 Å². The summed E-state index contributed by atoms with van der Waals surface area (Å²) in [4.78, 5) is 48.0. The summed E-state index contributed by atoms with van der Waals surface area (Å²) in [6.45, 7) is 1.87. The second-order valence-corrected chi connectivity index (χ2v) is 9.11. The molecule has 2 amide bonds. The van der Waals surface area contributed by atoms with E-state index in [2.05, 4.69) is 27.5 Å². The molecule has 4 rings (SSSR count). The lowest BCUT2D eigenvalue weighted by molar-refractivity contribution is -0.689. The lowest BCUT2D eigenvalue weighted by Gasteiger charge is -2.49. The highest BCUT2D eigenvalue weighted by atomic mass is 32.2. The van der Waals surface area contributed by atoms with Crippen LogP contribution in [0.25, 0.3) is 0 Å². The van der Waals surface area contributed by atoms with Gasteiger partial charge < -0.3 is 21.0 Å². The van der Waals surface area contributed by atoms with Gasteiger partial charge in [-0.2, -0.15) is 0 Å². The number of nitrogens with zero attached hydrogens (tertiary/aromatic N) is 4. The molecule has 2 aromatic heterocycles. The molecule has 1 unspecified atom stereocenters. The Hall–Kier alpha value is -3.89. The van der Waals surface area contributed by atoms with Crippen LogP contribution in [0.2, 0.25) is 0 Å². The predicted molar refractivity (Wildman–Crippen MR) is 124 cm³/mol. The molecule has 1 saturated heterocycles. The zero-order chi connectivity index (χ0) is 24.2.